The van der Waals surface area contributed by atoms with E-state index in [1.165, 1.54) is 19.3 Å². The maximum atomic E-state index is 12.5. The van der Waals surface area contributed by atoms with Crippen LogP contribution in [-0.4, -0.2) is 43.7 Å². The van der Waals surface area contributed by atoms with Crippen molar-refractivity contribution in [2.45, 2.75) is 45.7 Å². The Morgan fingerprint density at radius 1 is 1.25 bits per heavy atom. The van der Waals surface area contributed by atoms with E-state index >= 15 is 0 Å². The molecule has 1 rings (SSSR count). The summed E-state index contributed by atoms with van der Waals surface area (Å²) in [5.74, 6) is 0. The largest absolute Gasteiger partial charge is 0.632 e. The van der Waals surface area contributed by atoms with E-state index in [9.17, 15) is 5.21 Å². The van der Waals surface area contributed by atoms with Crippen LogP contribution in [0.5, 0.6) is 0 Å². The molecule has 0 radical (unpaired) electrons. The number of ether oxygens (including phenoxy) is 1. The highest BCUT2D eigenvalue weighted by Gasteiger charge is 2.29. The predicted molar refractivity (Wildman–Crippen MR) is 65.8 cm³/mol. The molecule has 1 aliphatic rings. The van der Waals surface area contributed by atoms with Crippen molar-refractivity contribution in [2.24, 2.45) is 0 Å². The van der Waals surface area contributed by atoms with Gasteiger partial charge in [-0.25, -0.2) is 0 Å². The first-order valence-electron chi connectivity index (χ1n) is 6.62. The fraction of sp³-hybridized carbons (Fsp3) is 1.00. The molecule has 0 aromatic rings. The van der Waals surface area contributed by atoms with Gasteiger partial charge in [0.2, 0.25) is 0 Å². The van der Waals surface area contributed by atoms with Gasteiger partial charge in [0.15, 0.2) is 0 Å². The highest BCUT2D eigenvalue weighted by Crippen LogP contribution is 2.16. The summed E-state index contributed by atoms with van der Waals surface area (Å²) < 4.78 is 5.15. The Hall–Kier alpha value is -0.160. The number of hydroxylamine groups is 3. The summed E-state index contributed by atoms with van der Waals surface area (Å²) in [6.45, 7) is 7.66. The maximum absolute atomic E-state index is 12.5. The van der Waals surface area contributed by atoms with Crippen molar-refractivity contribution in [1.82, 2.24) is 5.32 Å². The monoisotopic (exact) mass is 230 g/mol. The van der Waals surface area contributed by atoms with E-state index in [0.717, 1.165) is 13.0 Å². The number of rotatable bonds is 7. The molecule has 1 fully saturated rings. The van der Waals surface area contributed by atoms with Crippen molar-refractivity contribution in [1.29, 1.82) is 0 Å². The third-order valence-corrected chi connectivity index (χ3v) is 3.34. The molecule has 0 spiro atoms. The minimum atomic E-state index is -0.109. The van der Waals surface area contributed by atoms with E-state index in [2.05, 4.69) is 19.2 Å². The Balaban J connectivity index is 2.33. The van der Waals surface area contributed by atoms with Crippen LogP contribution in [0.25, 0.3) is 0 Å². The van der Waals surface area contributed by atoms with E-state index in [-0.39, 0.29) is 10.8 Å². The summed E-state index contributed by atoms with van der Waals surface area (Å²) >= 11 is 0. The van der Waals surface area contributed by atoms with Crippen LogP contribution in [0.4, 0.5) is 0 Å². The Kier molecular flexibility index (Phi) is 6.28. The lowest BCUT2D eigenvalue weighted by Gasteiger charge is -2.50. The lowest BCUT2D eigenvalue weighted by atomic mass is 10.2. The quantitative estimate of drug-likeness (QED) is 0.412. The Morgan fingerprint density at radius 2 is 1.94 bits per heavy atom. The van der Waals surface area contributed by atoms with Gasteiger partial charge in [-0.05, 0) is 6.42 Å². The van der Waals surface area contributed by atoms with Crippen LogP contribution in [0.2, 0.25) is 0 Å². The summed E-state index contributed by atoms with van der Waals surface area (Å²) in [6, 6.07) is 0. The lowest BCUT2D eigenvalue weighted by molar-refractivity contribution is -0.916. The van der Waals surface area contributed by atoms with Gasteiger partial charge in [-0.1, -0.05) is 26.7 Å². The van der Waals surface area contributed by atoms with Crippen molar-refractivity contribution in [3.63, 3.8) is 0 Å². The average Bonchev–Trinajstić information content (AvgIpc) is 2.30. The minimum absolute atomic E-state index is 0.0563. The first kappa shape index (κ1) is 13.9. The molecule has 16 heavy (non-hydrogen) atoms. The number of nitrogens with one attached hydrogen (secondary N) is 1. The number of hydrogen-bond donors (Lipinski definition) is 1. The molecule has 4 nitrogen and oxygen atoms in total. The van der Waals surface area contributed by atoms with Crippen molar-refractivity contribution >= 4 is 0 Å². The fourth-order valence-corrected chi connectivity index (χ4v) is 2.25. The first-order chi connectivity index (χ1) is 7.73. The molecule has 0 bridgehead atoms. The molecule has 1 heterocycles. The second kappa shape index (κ2) is 7.22. The standard InChI is InChI=1S/C12H26N2O2/c1-3-5-6-7-13-12(4-2)14(15)8-10-16-11-9-14/h12-13H,3-11H2,1-2H3. The molecule has 0 aromatic carbocycles. The maximum Gasteiger partial charge on any atom is 0.142 e. The molecule has 1 unspecified atom stereocenters. The van der Waals surface area contributed by atoms with Gasteiger partial charge in [-0.15, -0.1) is 0 Å². The van der Waals surface area contributed by atoms with E-state index < -0.39 is 0 Å². The number of morpholine rings is 1. The van der Waals surface area contributed by atoms with Crippen LogP contribution in [0.1, 0.15) is 39.5 Å². The van der Waals surface area contributed by atoms with E-state index in [4.69, 9.17) is 4.74 Å². The number of nitrogens with zero attached hydrogens (tertiary/aromatic N) is 1. The third-order valence-electron chi connectivity index (χ3n) is 3.34. The zero-order valence-corrected chi connectivity index (χ0v) is 10.7. The number of quaternary nitrogens is 1. The first-order valence-corrected chi connectivity index (χ1v) is 6.62. The van der Waals surface area contributed by atoms with Gasteiger partial charge in [0.05, 0.1) is 13.2 Å². The zero-order valence-electron chi connectivity index (χ0n) is 10.7. The highest BCUT2D eigenvalue weighted by molar-refractivity contribution is 4.61. The average molecular weight is 230 g/mol. The lowest BCUT2D eigenvalue weighted by Crippen LogP contribution is -2.61. The van der Waals surface area contributed by atoms with E-state index in [1.54, 1.807) is 0 Å². The van der Waals surface area contributed by atoms with Crippen LogP contribution < -0.4 is 5.32 Å². The summed E-state index contributed by atoms with van der Waals surface area (Å²) in [7, 11) is 0. The molecular formula is C12H26N2O2. The molecule has 0 aromatic heterocycles. The summed E-state index contributed by atoms with van der Waals surface area (Å²) in [4.78, 5) is 0. The highest BCUT2D eigenvalue weighted by atomic mass is 16.6. The van der Waals surface area contributed by atoms with Crippen LogP contribution in [0.3, 0.4) is 0 Å². The summed E-state index contributed by atoms with van der Waals surface area (Å²) in [6.07, 6.45) is 4.59. The molecule has 96 valence electrons. The second-order valence-electron chi connectivity index (χ2n) is 4.60. The molecule has 1 aliphatic heterocycles. The van der Waals surface area contributed by atoms with Crippen LogP contribution in [0, 0.1) is 5.21 Å². The number of unbranched alkanes of at least 4 members (excludes halogenated alkanes) is 2. The van der Waals surface area contributed by atoms with Gasteiger partial charge >= 0.3 is 0 Å². The van der Waals surface area contributed by atoms with Gasteiger partial charge in [-0.2, -0.15) is 0 Å². The van der Waals surface area contributed by atoms with Gasteiger partial charge in [0.25, 0.3) is 0 Å². The minimum Gasteiger partial charge on any atom is -0.632 e. The van der Waals surface area contributed by atoms with Crippen LogP contribution in [0.15, 0.2) is 0 Å². The predicted octanol–water partition coefficient (Wildman–Crippen LogP) is 1.85. The topological polar surface area (TPSA) is 44.3 Å². The van der Waals surface area contributed by atoms with Crippen molar-refractivity contribution < 1.29 is 9.38 Å². The van der Waals surface area contributed by atoms with Crippen molar-refractivity contribution in [2.75, 3.05) is 32.8 Å². The van der Waals surface area contributed by atoms with Gasteiger partial charge in [0.1, 0.15) is 19.3 Å². The molecule has 0 saturated carbocycles. The molecule has 4 heteroatoms. The van der Waals surface area contributed by atoms with Gasteiger partial charge in [0, 0.05) is 13.0 Å². The molecular weight excluding hydrogens is 204 g/mol. The number of hydrogen-bond acceptors (Lipinski definition) is 3. The summed E-state index contributed by atoms with van der Waals surface area (Å²) in [5, 5.41) is 15.9. The van der Waals surface area contributed by atoms with E-state index in [0.29, 0.717) is 26.3 Å². The second-order valence-corrected chi connectivity index (χ2v) is 4.60. The van der Waals surface area contributed by atoms with Gasteiger partial charge in [-0.3, -0.25) is 5.32 Å². The molecule has 0 amide bonds. The molecule has 1 atom stereocenters. The SMILES string of the molecule is CCCCCNC(CC)[N+]1([O-])CCOCC1. The smallest absolute Gasteiger partial charge is 0.142 e. The molecule has 1 saturated heterocycles. The molecule has 1 N–H and O–H groups in total. The van der Waals surface area contributed by atoms with Crippen LogP contribution in [-0.2, 0) is 4.74 Å². The van der Waals surface area contributed by atoms with Crippen molar-refractivity contribution in [3.05, 3.63) is 5.21 Å². The molecule has 0 aliphatic carbocycles. The zero-order chi connectivity index (χ0) is 11.9. The fourth-order valence-electron chi connectivity index (χ4n) is 2.25. The normalized spacial score (nSPS) is 21.9. The van der Waals surface area contributed by atoms with E-state index in [1.807, 2.05) is 0 Å². The Labute approximate surface area is 99.1 Å². The Bertz CT molecular complexity index is 182. The summed E-state index contributed by atoms with van der Waals surface area (Å²) in [5.41, 5.74) is 0. The van der Waals surface area contributed by atoms with Crippen LogP contribution >= 0.6 is 0 Å². The van der Waals surface area contributed by atoms with Gasteiger partial charge < -0.3 is 14.6 Å². The Morgan fingerprint density at radius 3 is 2.50 bits per heavy atom. The van der Waals surface area contributed by atoms with Crippen molar-refractivity contribution in [3.8, 4) is 0 Å². The third kappa shape index (κ3) is 4.01.